The molecule has 1 saturated heterocycles. The van der Waals surface area contributed by atoms with Crippen LogP contribution in [0.1, 0.15) is 17.5 Å². The van der Waals surface area contributed by atoms with E-state index in [2.05, 4.69) is 96.5 Å². The van der Waals surface area contributed by atoms with Crippen LogP contribution in [0.4, 0.5) is 5.69 Å². The molecule has 36 heavy (non-hydrogen) atoms. The van der Waals surface area contributed by atoms with Crippen LogP contribution in [0.15, 0.2) is 91.0 Å². The minimum absolute atomic E-state index is 0.615. The smallest absolute Gasteiger partial charge is 0.116 e. The lowest BCUT2D eigenvalue weighted by Gasteiger charge is -2.36. The molecule has 1 N–H and O–H groups in total. The number of piperazine rings is 1. The summed E-state index contributed by atoms with van der Waals surface area (Å²) in [5.74, 6) is 0. The number of hydrogen-bond donors (Lipinski definition) is 1. The predicted octanol–water partition coefficient (Wildman–Crippen LogP) is 5.45. The summed E-state index contributed by atoms with van der Waals surface area (Å²) in [5.41, 5.74) is 4.52. The fourth-order valence-corrected chi connectivity index (χ4v) is 5.37. The predicted molar refractivity (Wildman–Crippen MR) is 152 cm³/mol. The summed E-state index contributed by atoms with van der Waals surface area (Å²) in [6.45, 7) is 4.93. The second-order valence-corrected chi connectivity index (χ2v) is 10.3. The highest BCUT2D eigenvalue weighted by atomic mass is 16.3. The van der Waals surface area contributed by atoms with E-state index in [1.165, 1.54) is 22.2 Å². The van der Waals surface area contributed by atoms with E-state index in [-0.39, 0.29) is 0 Å². The molecule has 186 valence electrons. The Labute approximate surface area is 215 Å². The lowest BCUT2D eigenvalue weighted by atomic mass is 9.80. The van der Waals surface area contributed by atoms with Crippen molar-refractivity contribution in [3.63, 3.8) is 0 Å². The van der Waals surface area contributed by atoms with Crippen LogP contribution in [0.25, 0.3) is 21.9 Å². The van der Waals surface area contributed by atoms with Gasteiger partial charge in [0.15, 0.2) is 0 Å². The van der Waals surface area contributed by atoms with E-state index < -0.39 is 5.60 Å². The molecule has 1 atom stereocenters. The van der Waals surface area contributed by atoms with E-state index in [4.69, 9.17) is 0 Å². The van der Waals surface area contributed by atoms with E-state index in [0.29, 0.717) is 6.42 Å². The first-order valence-corrected chi connectivity index (χ1v) is 12.9. The molecule has 0 aliphatic carbocycles. The molecule has 1 unspecified atom stereocenters. The third-order valence-corrected chi connectivity index (χ3v) is 7.54. The highest BCUT2D eigenvalue weighted by molar-refractivity contribution is 5.97. The molecule has 0 spiro atoms. The number of aliphatic hydroxyl groups is 1. The van der Waals surface area contributed by atoms with Crippen LogP contribution >= 0.6 is 0 Å². The molecule has 4 nitrogen and oxygen atoms in total. The van der Waals surface area contributed by atoms with Gasteiger partial charge in [0, 0.05) is 44.0 Å². The van der Waals surface area contributed by atoms with Crippen molar-refractivity contribution in [1.29, 1.82) is 0 Å². The summed E-state index contributed by atoms with van der Waals surface area (Å²) < 4.78 is 0. The van der Waals surface area contributed by atoms with Crippen LogP contribution in [0.5, 0.6) is 0 Å². The van der Waals surface area contributed by atoms with Crippen molar-refractivity contribution < 1.29 is 5.11 Å². The third-order valence-electron chi connectivity index (χ3n) is 7.54. The average Bonchev–Trinajstić information content (AvgIpc) is 2.92. The Hall–Kier alpha value is -3.18. The van der Waals surface area contributed by atoms with Crippen LogP contribution < -0.4 is 4.90 Å². The lowest BCUT2D eigenvalue weighted by molar-refractivity contribution is 0.0644. The molecule has 1 heterocycles. The summed E-state index contributed by atoms with van der Waals surface area (Å²) in [4.78, 5) is 7.05. The van der Waals surface area contributed by atoms with Gasteiger partial charge in [-0.25, -0.2) is 0 Å². The van der Waals surface area contributed by atoms with Crippen molar-refractivity contribution in [2.75, 3.05) is 58.8 Å². The standard InChI is InChI=1S/C32H37N3O/c1-33(2)18-17-32(36,27-14-8-5-9-15-27)30-16-10-13-26-23-31(35-21-19-34(3)20-22-35)29(24-28(26)30)25-11-6-4-7-12-25/h4-16,23-24,36H,17-22H2,1-3H3. The molecule has 4 heteroatoms. The van der Waals surface area contributed by atoms with Gasteiger partial charge in [-0.3, -0.25) is 0 Å². The van der Waals surface area contributed by atoms with Gasteiger partial charge in [0.25, 0.3) is 0 Å². The molecule has 0 aromatic heterocycles. The molecular weight excluding hydrogens is 442 g/mol. The van der Waals surface area contributed by atoms with Crippen molar-refractivity contribution >= 4 is 16.5 Å². The Morgan fingerprint density at radius 3 is 2.14 bits per heavy atom. The highest BCUT2D eigenvalue weighted by Gasteiger charge is 2.33. The van der Waals surface area contributed by atoms with Gasteiger partial charge in [0.1, 0.15) is 5.60 Å². The summed E-state index contributed by atoms with van der Waals surface area (Å²) >= 11 is 0. The summed E-state index contributed by atoms with van der Waals surface area (Å²) in [6.07, 6.45) is 0.615. The van der Waals surface area contributed by atoms with Crippen LogP contribution in [0.2, 0.25) is 0 Å². The van der Waals surface area contributed by atoms with Gasteiger partial charge in [-0.1, -0.05) is 78.9 Å². The van der Waals surface area contributed by atoms with Gasteiger partial charge in [-0.05, 0) is 67.2 Å². The maximum Gasteiger partial charge on any atom is 0.116 e. The molecule has 4 aromatic carbocycles. The molecule has 0 saturated carbocycles. The fraction of sp³-hybridized carbons (Fsp3) is 0.312. The first-order chi connectivity index (χ1) is 17.5. The molecule has 0 radical (unpaired) electrons. The van der Waals surface area contributed by atoms with E-state index in [0.717, 1.165) is 49.2 Å². The zero-order chi connectivity index (χ0) is 25.1. The van der Waals surface area contributed by atoms with Gasteiger partial charge in [-0.15, -0.1) is 0 Å². The Balaban J connectivity index is 1.71. The van der Waals surface area contributed by atoms with Crippen molar-refractivity contribution in [2.24, 2.45) is 0 Å². The van der Waals surface area contributed by atoms with Gasteiger partial charge >= 0.3 is 0 Å². The van der Waals surface area contributed by atoms with Crippen molar-refractivity contribution in [1.82, 2.24) is 9.80 Å². The van der Waals surface area contributed by atoms with Gasteiger partial charge in [0.2, 0.25) is 0 Å². The number of hydrogen-bond acceptors (Lipinski definition) is 4. The van der Waals surface area contributed by atoms with Gasteiger partial charge in [-0.2, -0.15) is 0 Å². The highest BCUT2D eigenvalue weighted by Crippen LogP contribution is 2.42. The van der Waals surface area contributed by atoms with Crippen LogP contribution in [-0.2, 0) is 5.60 Å². The molecule has 5 rings (SSSR count). The van der Waals surface area contributed by atoms with E-state index in [9.17, 15) is 5.11 Å². The first-order valence-electron chi connectivity index (χ1n) is 12.9. The monoisotopic (exact) mass is 479 g/mol. The normalized spacial score (nSPS) is 16.4. The van der Waals surface area contributed by atoms with Crippen LogP contribution in [-0.4, -0.2) is 68.8 Å². The summed E-state index contributed by atoms with van der Waals surface area (Å²) in [6, 6.07) is 31.8. The number of anilines is 1. The van der Waals surface area contributed by atoms with Crippen molar-refractivity contribution in [3.05, 3.63) is 102 Å². The lowest BCUT2D eigenvalue weighted by Crippen LogP contribution is -2.44. The summed E-state index contributed by atoms with van der Waals surface area (Å²) in [5, 5.41) is 14.6. The minimum Gasteiger partial charge on any atom is -0.380 e. The molecule has 1 fully saturated rings. The molecule has 4 aromatic rings. The van der Waals surface area contributed by atoms with Crippen LogP contribution in [0.3, 0.4) is 0 Å². The second-order valence-electron chi connectivity index (χ2n) is 10.3. The summed E-state index contributed by atoms with van der Waals surface area (Å²) in [7, 11) is 6.31. The largest absolute Gasteiger partial charge is 0.380 e. The van der Waals surface area contributed by atoms with Gasteiger partial charge < -0.3 is 19.8 Å². The molecule has 0 bridgehead atoms. The Morgan fingerprint density at radius 1 is 0.806 bits per heavy atom. The number of likely N-dealkylation sites (N-methyl/N-ethyl adjacent to an activating group) is 1. The molecule has 1 aliphatic rings. The second kappa shape index (κ2) is 10.4. The Morgan fingerprint density at radius 2 is 1.47 bits per heavy atom. The van der Waals surface area contributed by atoms with E-state index >= 15 is 0 Å². The number of fused-ring (bicyclic) bond motifs is 1. The van der Waals surface area contributed by atoms with Crippen molar-refractivity contribution in [3.8, 4) is 11.1 Å². The molecule has 1 aliphatic heterocycles. The molecule has 0 amide bonds. The quantitative estimate of drug-likeness (QED) is 0.382. The fourth-order valence-electron chi connectivity index (χ4n) is 5.37. The minimum atomic E-state index is -1.09. The van der Waals surface area contributed by atoms with Crippen molar-refractivity contribution in [2.45, 2.75) is 12.0 Å². The van der Waals surface area contributed by atoms with Crippen LogP contribution in [0, 0.1) is 0 Å². The van der Waals surface area contributed by atoms with E-state index in [1.54, 1.807) is 0 Å². The SMILES string of the molecule is CN(C)CCC(O)(c1ccccc1)c1cccc2cc(N3CCN(C)CC3)c(-c3ccccc3)cc12. The first kappa shape index (κ1) is 24.5. The maximum absolute atomic E-state index is 12.4. The number of benzene rings is 4. The number of rotatable bonds is 7. The number of nitrogens with zero attached hydrogens (tertiary/aromatic N) is 3. The zero-order valence-electron chi connectivity index (χ0n) is 21.7. The third kappa shape index (κ3) is 4.90. The van der Waals surface area contributed by atoms with E-state index in [1.807, 2.05) is 30.3 Å². The zero-order valence-corrected chi connectivity index (χ0v) is 21.7. The topological polar surface area (TPSA) is 30.0 Å². The Bertz CT molecular complexity index is 1300. The Kier molecular flexibility index (Phi) is 7.10. The molecular formula is C32H37N3O. The maximum atomic E-state index is 12.4. The average molecular weight is 480 g/mol. The van der Waals surface area contributed by atoms with Gasteiger partial charge in [0.05, 0.1) is 0 Å².